The number of carbonyl (C=O) groups excluding carboxylic acids is 3. The van der Waals surface area contributed by atoms with Gasteiger partial charge in [0.05, 0.1) is 17.2 Å². The zero-order chi connectivity index (χ0) is 25.1. The normalized spacial score (nSPS) is 17.9. The summed E-state index contributed by atoms with van der Waals surface area (Å²) in [4.78, 5) is 44.9. The number of hydrogen-bond donors (Lipinski definition) is 1. The average molecular weight is 483 g/mol. The Labute approximate surface area is 211 Å². The lowest BCUT2D eigenvalue weighted by Crippen LogP contribution is -2.49. The van der Waals surface area contributed by atoms with Gasteiger partial charge in [0.1, 0.15) is 0 Å². The van der Waals surface area contributed by atoms with Gasteiger partial charge in [-0.05, 0) is 48.9 Å². The molecule has 0 saturated carbocycles. The van der Waals surface area contributed by atoms with E-state index in [1.807, 2.05) is 60.4 Å². The summed E-state index contributed by atoms with van der Waals surface area (Å²) < 4.78 is 0. The van der Waals surface area contributed by atoms with E-state index in [9.17, 15) is 14.4 Å². The molecule has 7 heteroatoms. The van der Waals surface area contributed by atoms with Crippen LogP contribution in [0.15, 0.2) is 78.9 Å². The van der Waals surface area contributed by atoms with Gasteiger partial charge in [-0.3, -0.25) is 14.4 Å². The van der Waals surface area contributed by atoms with Gasteiger partial charge in [-0.25, -0.2) is 0 Å². The van der Waals surface area contributed by atoms with Crippen molar-refractivity contribution < 1.29 is 14.4 Å². The van der Waals surface area contributed by atoms with Crippen LogP contribution in [0.3, 0.4) is 0 Å². The van der Waals surface area contributed by atoms with E-state index in [0.717, 1.165) is 30.0 Å². The van der Waals surface area contributed by atoms with Crippen molar-refractivity contribution in [2.24, 2.45) is 5.92 Å². The van der Waals surface area contributed by atoms with Gasteiger partial charge < -0.3 is 20.0 Å². The molecule has 3 aromatic carbocycles. The zero-order valence-electron chi connectivity index (χ0n) is 20.4. The molecule has 2 aliphatic rings. The van der Waals surface area contributed by atoms with Crippen LogP contribution in [-0.4, -0.2) is 55.3 Å². The van der Waals surface area contributed by atoms with E-state index in [1.54, 1.807) is 23.1 Å². The molecular weight excluding hydrogens is 452 g/mol. The van der Waals surface area contributed by atoms with Gasteiger partial charge >= 0.3 is 0 Å². The van der Waals surface area contributed by atoms with Crippen molar-refractivity contribution >= 4 is 34.8 Å². The lowest BCUT2D eigenvalue weighted by molar-refractivity contribution is -0.122. The molecule has 1 N–H and O–H groups in total. The first-order valence-electron chi connectivity index (χ1n) is 12.4. The highest BCUT2D eigenvalue weighted by molar-refractivity contribution is 6.07. The van der Waals surface area contributed by atoms with E-state index in [-0.39, 0.29) is 24.1 Å². The van der Waals surface area contributed by atoms with Crippen LogP contribution >= 0.6 is 0 Å². The predicted molar refractivity (Wildman–Crippen MR) is 141 cm³/mol. The quantitative estimate of drug-likeness (QED) is 0.598. The molecule has 3 amide bonds. The number of nitrogens with one attached hydrogen (secondary N) is 1. The summed E-state index contributed by atoms with van der Waals surface area (Å²) >= 11 is 0. The van der Waals surface area contributed by atoms with Crippen LogP contribution in [0.1, 0.15) is 22.3 Å². The number of rotatable bonds is 5. The van der Waals surface area contributed by atoms with Crippen molar-refractivity contribution in [3.8, 4) is 0 Å². The third-order valence-corrected chi connectivity index (χ3v) is 6.91. The monoisotopic (exact) mass is 482 g/mol. The molecule has 184 valence electrons. The fourth-order valence-electron chi connectivity index (χ4n) is 4.92. The first kappa shape index (κ1) is 23.6. The summed E-state index contributed by atoms with van der Waals surface area (Å²) in [7, 11) is 0. The van der Waals surface area contributed by atoms with Crippen molar-refractivity contribution in [1.29, 1.82) is 0 Å². The fraction of sp³-hybridized carbons (Fsp3) is 0.276. The van der Waals surface area contributed by atoms with Crippen molar-refractivity contribution in [1.82, 2.24) is 4.90 Å². The number of carbonyl (C=O) groups is 3. The van der Waals surface area contributed by atoms with Gasteiger partial charge in [0.15, 0.2) is 0 Å². The summed E-state index contributed by atoms with van der Waals surface area (Å²) in [6.45, 7) is 5.03. The van der Waals surface area contributed by atoms with E-state index in [4.69, 9.17) is 0 Å². The highest BCUT2D eigenvalue weighted by atomic mass is 16.2. The zero-order valence-corrected chi connectivity index (χ0v) is 20.4. The van der Waals surface area contributed by atoms with Crippen molar-refractivity contribution in [2.45, 2.75) is 13.3 Å². The number of benzene rings is 3. The molecule has 5 rings (SSSR count). The molecule has 1 unspecified atom stereocenters. The van der Waals surface area contributed by atoms with Gasteiger partial charge in [0.25, 0.3) is 5.91 Å². The molecule has 2 fully saturated rings. The Balaban J connectivity index is 1.24. The van der Waals surface area contributed by atoms with Gasteiger partial charge in [-0.1, -0.05) is 42.5 Å². The number of amides is 3. The minimum Gasteiger partial charge on any atom is -0.368 e. The van der Waals surface area contributed by atoms with Crippen LogP contribution in [0, 0.1) is 12.8 Å². The summed E-state index contributed by atoms with van der Waals surface area (Å²) in [6.07, 6.45) is 0.150. The van der Waals surface area contributed by atoms with Crippen LogP contribution < -0.4 is 15.1 Å². The second kappa shape index (κ2) is 10.2. The molecule has 2 heterocycles. The topological polar surface area (TPSA) is 73.0 Å². The van der Waals surface area contributed by atoms with Crippen molar-refractivity contribution in [3.05, 3.63) is 90.0 Å². The molecule has 7 nitrogen and oxygen atoms in total. The minimum atomic E-state index is -0.476. The molecule has 0 aliphatic carbocycles. The van der Waals surface area contributed by atoms with E-state index < -0.39 is 5.92 Å². The fourth-order valence-corrected chi connectivity index (χ4v) is 4.92. The third-order valence-electron chi connectivity index (χ3n) is 6.91. The average Bonchev–Trinajstić information content (AvgIpc) is 3.31. The Hall–Kier alpha value is -4.13. The highest BCUT2D eigenvalue weighted by Gasteiger charge is 2.35. The van der Waals surface area contributed by atoms with Gasteiger partial charge in [0, 0.05) is 50.5 Å². The van der Waals surface area contributed by atoms with E-state index in [0.29, 0.717) is 30.9 Å². The van der Waals surface area contributed by atoms with Crippen LogP contribution in [-0.2, 0) is 9.59 Å². The number of aryl methyl sites for hydroxylation is 1. The van der Waals surface area contributed by atoms with E-state index in [2.05, 4.69) is 22.3 Å². The number of piperazine rings is 1. The molecular formula is C29H30N4O3. The molecule has 0 spiro atoms. The van der Waals surface area contributed by atoms with E-state index in [1.165, 1.54) is 0 Å². The molecule has 2 saturated heterocycles. The van der Waals surface area contributed by atoms with E-state index >= 15 is 0 Å². The van der Waals surface area contributed by atoms with Crippen molar-refractivity contribution in [2.75, 3.05) is 47.8 Å². The standard InChI is InChI=1S/C29H30N4O3/c1-21-8-7-11-24(18-21)33-20-22(19-27(33)34)28(35)30-26-13-6-5-12-25(26)29(36)32-16-14-31(15-17-32)23-9-3-2-4-10-23/h2-13,18,22H,14-17,19-20H2,1H3,(H,30,35). The second-order valence-corrected chi connectivity index (χ2v) is 9.39. The third kappa shape index (κ3) is 4.96. The van der Waals surface area contributed by atoms with Crippen LogP contribution in [0.25, 0.3) is 0 Å². The maximum atomic E-state index is 13.4. The smallest absolute Gasteiger partial charge is 0.256 e. The molecule has 0 bridgehead atoms. The largest absolute Gasteiger partial charge is 0.368 e. The molecule has 0 radical (unpaired) electrons. The Morgan fingerprint density at radius 3 is 2.28 bits per heavy atom. The Bertz CT molecular complexity index is 1270. The first-order valence-corrected chi connectivity index (χ1v) is 12.4. The predicted octanol–water partition coefficient (Wildman–Crippen LogP) is 3.95. The number of hydrogen-bond acceptors (Lipinski definition) is 4. The van der Waals surface area contributed by atoms with Gasteiger partial charge in [-0.2, -0.15) is 0 Å². The maximum Gasteiger partial charge on any atom is 0.256 e. The number of para-hydroxylation sites is 2. The molecule has 3 aromatic rings. The SMILES string of the molecule is Cc1cccc(N2CC(C(=O)Nc3ccccc3C(=O)N3CCN(c4ccccc4)CC3)CC2=O)c1. The summed E-state index contributed by atoms with van der Waals surface area (Å²) in [5.74, 6) is -0.882. The second-order valence-electron chi connectivity index (χ2n) is 9.39. The molecule has 1 atom stereocenters. The van der Waals surface area contributed by atoms with Gasteiger partial charge in [0.2, 0.25) is 11.8 Å². The summed E-state index contributed by atoms with van der Waals surface area (Å²) in [5.41, 5.74) is 3.98. The lowest BCUT2D eigenvalue weighted by atomic mass is 10.1. The Morgan fingerprint density at radius 2 is 1.53 bits per heavy atom. The molecule has 0 aromatic heterocycles. The van der Waals surface area contributed by atoms with Crippen LogP contribution in [0.4, 0.5) is 17.1 Å². The Kier molecular flexibility index (Phi) is 6.71. The van der Waals surface area contributed by atoms with Crippen LogP contribution in [0.2, 0.25) is 0 Å². The molecule has 36 heavy (non-hydrogen) atoms. The van der Waals surface area contributed by atoms with Crippen molar-refractivity contribution in [3.63, 3.8) is 0 Å². The van der Waals surface area contributed by atoms with Gasteiger partial charge in [-0.15, -0.1) is 0 Å². The molecule has 2 aliphatic heterocycles. The first-order chi connectivity index (χ1) is 17.5. The minimum absolute atomic E-state index is 0.0681. The lowest BCUT2D eigenvalue weighted by Gasteiger charge is -2.36. The highest BCUT2D eigenvalue weighted by Crippen LogP contribution is 2.28. The summed E-state index contributed by atoms with van der Waals surface area (Å²) in [6, 6.07) is 25.0. The number of nitrogens with zero attached hydrogens (tertiary/aromatic N) is 3. The Morgan fingerprint density at radius 1 is 0.833 bits per heavy atom. The van der Waals surface area contributed by atoms with Crippen LogP contribution in [0.5, 0.6) is 0 Å². The maximum absolute atomic E-state index is 13.4. The summed E-state index contributed by atoms with van der Waals surface area (Å²) in [5, 5.41) is 2.94. The number of anilines is 3.